The maximum absolute atomic E-state index is 6.13. The molecular weight excluding hydrogens is 252 g/mol. The summed E-state index contributed by atoms with van der Waals surface area (Å²) in [7, 11) is 0. The molecule has 3 unspecified atom stereocenters. The van der Waals surface area contributed by atoms with Gasteiger partial charge in [0.15, 0.2) is 11.5 Å². The van der Waals surface area contributed by atoms with Crippen molar-refractivity contribution in [1.29, 1.82) is 0 Å². The summed E-state index contributed by atoms with van der Waals surface area (Å²) in [5.74, 6) is 2.31. The molecule has 0 bridgehead atoms. The molecule has 0 aromatic heterocycles. The molecule has 4 heteroatoms. The minimum absolute atomic E-state index is 0.290. The number of fused-ring (bicyclic) bond motifs is 1. The summed E-state index contributed by atoms with van der Waals surface area (Å²) in [4.78, 5) is 2.45. The summed E-state index contributed by atoms with van der Waals surface area (Å²) < 4.78 is 11.5. The number of ether oxygens (including phenoxy) is 2. The standard InChI is InChI=1S/C16H24N2O2/c1-11-9-18(10-14(11)17)12(2)13-4-5-15-16(8-13)20-7-3-6-19-15/h4-5,8,11-12,14H,3,6-7,9-10,17H2,1-2H3. The van der Waals surface area contributed by atoms with E-state index < -0.39 is 0 Å². The molecule has 0 saturated carbocycles. The fraction of sp³-hybridized carbons (Fsp3) is 0.625. The third-order valence-electron chi connectivity index (χ3n) is 4.50. The normalized spacial score (nSPS) is 28.1. The van der Waals surface area contributed by atoms with Crippen molar-refractivity contribution in [2.45, 2.75) is 32.4 Å². The summed E-state index contributed by atoms with van der Waals surface area (Å²) in [6.45, 7) is 7.97. The van der Waals surface area contributed by atoms with Crippen LogP contribution in [0.3, 0.4) is 0 Å². The Bertz CT molecular complexity index is 468. The lowest BCUT2D eigenvalue weighted by Gasteiger charge is -2.25. The highest BCUT2D eigenvalue weighted by atomic mass is 16.5. The molecule has 3 rings (SSSR count). The molecule has 0 radical (unpaired) electrons. The molecular formula is C16H24N2O2. The van der Waals surface area contributed by atoms with Gasteiger partial charge < -0.3 is 15.2 Å². The molecule has 1 aromatic rings. The van der Waals surface area contributed by atoms with Gasteiger partial charge in [0, 0.05) is 31.6 Å². The molecule has 1 saturated heterocycles. The van der Waals surface area contributed by atoms with Crippen LogP contribution in [-0.2, 0) is 0 Å². The van der Waals surface area contributed by atoms with Gasteiger partial charge in [-0.25, -0.2) is 0 Å². The van der Waals surface area contributed by atoms with E-state index in [1.807, 2.05) is 6.07 Å². The highest BCUT2D eigenvalue weighted by molar-refractivity contribution is 5.44. The maximum Gasteiger partial charge on any atom is 0.161 e. The first-order chi connectivity index (χ1) is 9.65. The van der Waals surface area contributed by atoms with Gasteiger partial charge in [-0.2, -0.15) is 0 Å². The number of hydrogen-bond acceptors (Lipinski definition) is 4. The second-order valence-corrected chi connectivity index (χ2v) is 6.03. The number of hydrogen-bond donors (Lipinski definition) is 1. The highest BCUT2D eigenvalue weighted by Crippen LogP contribution is 2.35. The van der Waals surface area contributed by atoms with Crippen LogP contribution >= 0.6 is 0 Å². The smallest absolute Gasteiger partial charge is 0.161 e. The second kappa shape index (κ2) is 5.62. The van der Waals surface area contributed by atoms with Crippen LogP contribution in [0, 0.1) is 5.92 Å². The van der Waals surface area contributed by atoms with Crippen LogP contribution in [0.4, 0.5) is 0 Å². The summed E-state index contributed by atoms with van der Waals surface area (Å²) in [6, 6.07) is 6.96. The molecule has 20 heavy (non-hydrogen) atoms. The Morgan fingerprint density at radius 1 is 1.20 bits per heavy atom. The van der Waals surface area contributed by atoms with Gasteiger partial charge in [0.05, 0.1) is 13.2 Å². The first-order valence-electron chi connectivity index (χ1n) is 7.54. The van der Waals surface area contributed by atoms with Gasteiger partial charge in [0.1, 0.15) is 0 Å². The van der Waals surface area contributed by atoms with E-state index in [2.05, 4.69) is 30.9 Å². The number of nitrogens with two attached hydrogens (primary N) is 1. The zero-order valence-electron chi connectivity index (χ0n) is 12.3. The predicted molar refractivity (Wildman–Crippen MR) is 79.2 cm³/mol. The largest absolute Gasteiger partial charge is 0.490 e. The molecule has 4 nitrogen and oxygen atoms in total. The quantitative estimate of drug-likeness (QED) is 0.899. The molecule has 1 aromatic carbocycles. The second-order valence-electron chi connectivity index (χ2n) is 6.03. The Morgan fingerprint density at radius 2 is 1.95 bits per heavy atom. The predicted octanol–water partition coefficient (Wildman–Crippen LogP) is 2.19. The van der Waals surface area contributed by atoms with Crippen molar-refractivity contribution >= 4 is 0 Å². The Kier molecular flexibility index (Phi) is 3.85. The number of likely N-dealkylation sites (tertiary alicyclic amines) is 1. The van der Waals surface area contributed by atoms with Crippen molar-refractivity contribution in [3.63, 3.8) is 0 Å². The van der Waals surface area contributed by atoms with Gasteiger partial charge in [0.2, 0.25) is 0 Å². The number of rotatable bonds is 2. The molecule has 1 fully saturated rings. The average molecular weight is 276 g/mol. The summed E-state index contributed by atoms with van der Waals surface area (Å²) in [5, 5.41) is 0. The zero-order valence-corrected chi connectivity index (χ0v) is 12.3. The van der Waals surface area contributed by atoms with Crippen molar-refractivity contribution in [2.24, 2.45) is 11.7 Å². The lowest BCUT2D eigenvalue weighted by Crippen LogP contribution is -2.29. The van der Waals surface area contributed by atoms with Crippen molar-refractivity contribution < 1.29 is 9.47 Å². The fourth-order valence-corrected chi connectivity index (χ4v) is 3.00. The van der Waals surface area contributed by atoms with Crippen molar-refractivity contribution in [3.8, 4) is 11.5 Å². The van der Waals surface area contributed by atoms with Crippen molar-refractivity contribution in [2.75, 3.05) is 26.3 Å². The Hall–Kier alpha value is -1.26. The minimum Gasteiger partial charge on any atom is -0.490 e. The SMILES string of the molecule is CC1CN(C(C)c2ccc3c(c2)OCCCO3)CC1N. The first-order valence-corrected chi connectivity index (χ1v) is 7.54. The summed E-state index contributed by atoms with van der Waals surface area (Å²) >= 11 is 0. The third-order valence-corrected chi connectivity index (χ3v) is 4.50. The number of benzene rings is 1. The molecule has 2 aliphatic heterocycles. The van der Waals surface area contributed by atoms with E-state index in [9.17, 15) is 0 Å². The van der Waals surface area contributed by atoms with Crippen LogP contribution in [0.15, 0.2) is 18.2 Å². The molecule has 2 aliphatic rings. The molecule has 3 atom stereocenters. The van der Waals surface area contributed by atoms with E-state index in [0.717, 1.165) is 44.2 Å². The molecule has 0 aliphatic carbocycles. The fourth-order valence-electron chi connectivity index (χ4n) is 3.00. The molecule has 2 N–H and O–H groups in total. The van der Waals surface area contributed by atoms with Crippen molar-refractivity contribution in [1.82, 2.24) is 4.90 Å². The van der Waals surface area contributed by atoms with Crippen LogP contribution in [0.2, 0.25) is 0 Å². The zero-order chi connectivity index (χ0) is 14.1. The number of nitrogens with zero attached hydrogens (tertiary/aromatic N) is 1. The van der Waals surface area contributed by atoms with E-state index in [-0.39, 0.29) is 6.04 Å². The van der Waals surface area contributed by atoms with E-state index in [4.69, 9.17) is 15.2 Å². The van der Waals surface area contributed by atoms with Gasteiger partial charge in [-0.3, -0.25) is 4.90 Å². The molecule has 2 heterocycles. The molecule has 110 valence electrons. The van der Waals surface area contributed by atoms with Crippen LogP contribution in [0.1, 0.15) is 31.9 Å². The topological polar surface area (TPSA) is 47.7 Å². The van der Waals surface area contributed by atoms with Crippen LogP contribution in [0.25, 0.3) is 0 Å². The maximum atomic E-state index is 6.13. The lowest BCUT2D eigenvalue weighted by atomic mass is 10.1. The third kappa shape index (κ3) is 2.63. The van der Waals surface area contributed by atoms with E-state index in [1.165, 1.54) is 5.56 Å². The molecule has 0 amide bonds. The average Bonchev–Trinajstić information content (AvgIpc) is 2.67. The first kappa shape index (κ1) is 13.7. The Labute approximate surface area is 120 Å². The van der Waals surface area contributed by atoms with Gasteiger partial charge >= 0.3 is 0 Å². The van der Waals surface area contributed by atoms with Gasteiger partial charge in [-0.15, -0.1) is 0 Å². The lowest BCUT2D eigenvalue weighted by molar-refractivity contribution is 0.252. The highest BCUT2D eigenvalue weighted by Gasteiger charge is 2.30. The van der Waals surface area contributed by atoms with E-state index in [1.54, 1.807) is 0 Å². The monoisotopic (exact) mass is 276 g/mol. The van der Waals surface area contributed by atoms with Gasteiger partial charge in [0.25, 0.3) is 0 Å². The van der Waals surface area contributed by atoms with Crippen LogP contribution in [-0.4, -0.2) is 37.2 Å². The Morgan fingerprint density at radius 3 is 2.65 bits per heavy atom. The van der Waals surface area contributed by atoms with Gasteiger partial charge in [-0.1, -0.05) is 13.0 Å². The summed E-state index contributed by atoms with van der Waals surface area (Å²) in [6.07, 6.45) is 0.943. The van der Waals surface area contributed by atoms with E-state index in [0.29, 0.717) is 12.0 Å². The van der Waals surface area contributed by atoms with Crippen molar-refractivity contribution in [3.05, 3.63) is 23.8 Å². The van der Waals surface area contributed by atoms with Crippen LogP contribution < -0.4 is 15.2 Å². The van der Waals surface area contributed by atoms with E-state index >= 15 is 0 Å². The van der Waals surface area contributed by atoms with Crippen LogP contribution in [0.5, 0.6) is 11.5 Å². The molecule has 0 spiro atoms. The summed E-state index contributed by atoms with van der Waals surface area (Å²) in [5.41, 5.74) is 7.40. The minimum atomic E-state index is 0.290. The van der Waals surface area contributed by atoms with Gasteiger partial charge in [-0.05, 0) is 30.5 Å². The Balaban J connectivity index is 1.78.